The molecule has 0 spiro atoms. The van der Waals surface area contributed by atoms with Crippen molar-refractivity contribution < 1.29 is 4.79 Å². The average Bonchev–Trinajstić information content (AvgIpc) is 2.72. The number of hydrogen-bond donors (Lipinski definition) is 1. The van der Waals surface area contributed by atoms with Crippen LogP contribution in [0.2, 0.25) is 0 Å². The van der Waals surface area contributed by atoms with Gasteiger partial charge >= 0.3 is 0 Å². The van der Waals surface area contributed by atoms with Gasteiger partial charge in [0.1, 0.15) is 16.2 Å². The van der Waals surface area contributed by atoms with Gasteiger partial charge in [-0.3, -0.25) is 4.79 Å². The van der Waals surface area contributed by atoms with E-state index in [4.69, 9.17) is 6.42 Å². The molecule has 0 aliphatic heterocycles. The molecule has 0 aromatic carbocycles. The van der Waals surface area contributed by atoms with E-state index in [-0.39, 0.29) is 17.7 Å². The topological polar surface area (TPSA) is 54.9 Å². The summed E-state index contributed by atoms with van der Waals surface area (Å²) in [4.78, 5) is 22.7. The third kappa shape index (κ3) is 2.94. The number of carbonyl (C=O) groups excluding carboxylic acids is 1. The van der Waals surface area contributed by atoms with Crippen LogP contribution in [0.3, 0.4) is 0 Å². The quantitative estimate of drug-likeness (QED) is 0.536. The molecule has 0 saturated carbocycles. The summed E-state index contributed by atoms with van der Waals surface area (Å²) in [5.74, 6) is 2.31. The van der Waals surface area contributed by atoms with Crippen LogP contribution in [-0.4, -0.2) is 27.7 Å². The number of terminal acetylenes is 1. The molecular formula is C14H15N3OS2. The SMILES string of the molecule is C#CCNC(=O)C(C)Sc1ncnc2sc(C)c(C)c12. The Labute approximate surface area is 126 Å². The fraction of sp³-hybridized carbons (Fsp3) is 0.357. The van der Waals surface area contributed by atoms with Gasteiger partial charge in [-0.1, -0.05) is 17.7 Å². The van der Waals surface area contributed by atoms with Crippen LogP contribution in [0.15, 0.2) is 11.4 Å². The first-order valence-corrected chi connectivity index (χ1v) is 7.82. The maximum Gasteiger partial charge on any atom is 0.234 e. The van der Waals surface area contributed by atoms with Gasteiger partial charge in [0.05, 0.1) is 11.8 Å². The fourth-order valence-electron chi connectivity index (χ4n) is 1.74. The lowest BCUT2D eigenvalue weighted by Gasteiger charge is -2.10. The standard InChI is InChI=1S/C14H15N3OS2/c1-5-6-15-12(18)10(4)20-14-11-8(2)9(3)19-13(11)16-7-17-14/h1,7,10H,6H2,2-4H3,(H,15,18). The van der Waals surface area contributed by atoms with Gasteiger partial charge in [-0.15, -0.1) is 17.8 Å². The highest BCUT2D eigenvalue weighted by molar-refractivity contribution is 8.00. The zero-order valence-corrected chi connectivity index (χ0v) is 13.2. The van der Waals surface area contributed by atoms with Crippen molar-refractivity contribution in [1.82, 2.24) is 15.3 Å². The van der Waals surface area contributed by atoms with E-state index in [9.17, 15) is 4.79 Å². The normalized spacial score (nSPS) is 12.1. The van der Waals surface area contributed by atoms with Crippen LogP contribution in [-0.2, 0) is 4.79 Å². The maximum atomic E-state index is 11.9. The predicted octanol–water partition coefficient (Wildman–Crippen LogP) is 2.54. The molecule has 2 aromatic rings. The highest BCUT2D eigenvalue weighted by Crippen LogP contribution is 2.35. The van der Waals surface area contributed by atoms with Crippen molar-refractivity contribution in [3.05, 3.63) is 16.8 Å². The number of hydrogen-bond acceptors (Lipinski definition) is 5. The molecule has 0 fully saturated rings. The van der Waals surface area contributed by atoms with Gasteiger partial charge in [-0.2, -0.15) is 0 Å². The molecule has 0 bridgehead atoms. The predicted molar refractivity (Wildman–Crippen MR) is 84.1 cm³/mol. The van der Waals surface area contributed by atoms with Crippen molar-refractivity contribution in [1.29, 1.82) is 0 Å². The van der Waals surface area contributed by atoms with E-state index < -0.39 is 0 Å². The zero-order valence-electron chi connectivity index (χ0n) is 11.6. The second-order valence-electron chi connectivity index (χ2n) is 4.32. The number of rotatable bonds is 4. The molecule has 4 nitrogen and oxygen atoms in total. The molecule has 2 aromatic heterocycles. The average molecular weight is 305 g/mol. The molecule has 2 heterocycles. The molecule has 1 atom stereocenters. The summed E-state index contributed by atoms with van der Waals surface area (Å²) >= 11 is 3.08. The number of carbonyl (C=O) groups is 1. The minimum absolute atomic E-state index is 0.0793. The Morgan fingerprint density at radius 1 is 1.55 bits per heavy atom. The summed E-state index contributed by atoms with van der Waals surface area (Å²) in [7, 11) is 0. The number of thioether (sulfide) groups is 1. The lowest BCUT2D eigenvalue weighted by atomic mass is 10.2. The molecule has 1 unspecified atom stereocenters. The Morgan fingerprint density at radius 2 is 2.30 bits per heavy atom. The number of fused-ring (bicyclic) bond motifs is 1. The van der Waals surface area contributed by atoms with Crippen LogP contribution >= 0.6 is 23.1 Å². The highest BCUT2D eigenvalue weighted by Gasteiger charge is 2.18. The molecule has 0 saturated heterocycles. The van der Waals surface area contributed by atoms with Crippen LogP contribution in [0.4, 0.5) is 0 Å². The molecule has 2 rings (SSSR count). The molecular weight excluding hydrogens is 290 g/mol. The van der Waals surface area contributed by atoms with E-state index in [0.717, 1.165) is 15.2 Å². The second-order valence-corrected chi connectivity index (χ2v) is 6.86. The van der Waals surface area contributed by atoms with Crippen molar-refractivity contribution in [3.8, 4) is 12.3 Å². The molecule has 1 N–H and O–H groups in total. The van der Waals surface area contributed by atoms with Gasteiger partial charge in [0.25, 0.3) is 0 Å². The highest BCUT2D eigenvalue weighted by atomic mass is 32.2. The number of nitrogens with zero attached hydrogens (tertiary/aromatic N) is 2. The Morgan fingerprint density at radius 3 is 3.00 bits per heavy atom. The number of aromatic nitrogens is 2. The Balaban J connectivity index is 2.26. The van der Waals surface area contributed by atoms with E-state index in [1.54, 1.807) is 17.7 Å². The molecule has 0 aliphatic rings. The van der Waals surface area contributed by atoms with Crippen molar-refractivity contribution in [3.63, 3.8) is 0 Å². The number of nitrogens with one attached hydrogen (secondary N) is 1. The third-order valence-electron chi connectivity index (χ3n) is 2.95. The van der Waals surface area contributed by atoms with E-state index in [0.29, 0.717) is 0 Å². The van der Waals surface area contributed by atoms with E-state index in [1.165, 1.54) is 22.2 Å². The van der Waals surface area contributed by atoms with Crippen LogP contribution in [0.25, 0.3) is 10.2 Å². The summed E-state index contributed by atoms with van der Waals surface area (Å²) in [6.07, 6.45) is 6.68. The van der Waals surface area contributed by atoms with Gasteiger partial charge in [0, 0.05) is 10.3 Å². The van der Waals surface area contributed by atoms with Crippen molar-refractivity contribution in [2.24, 2.45) is 0 Å². The fourth-order valence-corrected chi connectivity index (χ4v) is 3.80. The van der Waals surface area contributed by atoms with E-state index >= 15 is 0 Å². The number of aryl methyl sites for hydroxylation is 2. The van der Waals surface area contributed by atoms with Gasteiger partial charge in [-0.05, 0) is 26.3 Å². The summed E-state index contributed by atoms with van der Waals surface area (Å²) in [6, 6.07) is 0. The molecule has 104 valence electrons. The van der Waals surface area contributed by atoms with Gasteiger partial charge in [0.15, 0.2) is 0 Å². The van der Waals surface area contributed by atoms with Crippen LogP contribution in [0, 0.1) is 26.2 Å². The lowest BCUT2D eigenvalue weighted by Crippen LogP contribution is -2.31. The first-order valence-electron chi connectivity index (χ1n) is 6.13. The molecule has 20 heavy (non-hydrogen) atoms. The minimum Gasteiger partial charge on any atom is -0.344 e. The molecule has 1 amide bonds. The Hall–Kier alpha value is -1.58. The van der Waals surface area contributed by atoms with E-state index in [2.05, 4.69) is 35.1 Å². The molecule has 6 heteroatoms. The number of amides is 1. The first-order chi connectivity index (χ1) is 9.54. The zero-order chi connectivity index (χ0) is 14.7. The number of thiophene rings is 1. The van der Waals surface area contributed by atoms with Crippen molar-refractivity contribution in [2.75, 3.05) is 6.54 Å². The lowest BCUT2D eigenvalue weighted by molar-refractivity contribution is -0.120. The summed E-state index contributed by atoms with van der Waals surface area (Å²) in [5, 5.41) is 4.33. The first kappa shape index (κ1) is 14.8. The monoisotopic (exact) mass is 305 g/mol. The van der Waals surface area contributed by atoms with Crippen molar-refractivity contribution in [2.45, 2.75) is 31.0 Å². The van der Waals surface area contributed by atoms with E-state index in [1.807, 2.05) is 6.92 Å². The van der Waals surface area contributed by atoms with Gasteiger partial charge in [0.2, 0.25) is 5.91 Å². The molecule has 0 radical (unpaired) electrons. The van der Waals surface area contributed by atoms with Crippen molar-refractivity contribution >= 4 is 39.2 Å². The Kier molecular flexibility index (Phi) is 4.63. The summed E-state index contributed by atoms with van der Waals surface area (Å²) < 4.78 is 0. The minimum atomic E-state index is -0.249. The summed E-state index contributed by atoms with van der Waals surface area (Å²) in [6.45, 7) is 6.22. The van der Waals surface area contributed by atoms with Crippen LogP contribution in [0.1, 0.15) is 17.4 Å². The molecule has 0 aliphatic carbocycles. The maximum absolute atomic E-state index is 11.9. The third-order valence-corrected chi connectivity index (χ3v) is 5.17. The Bertz CT molecular complexity index is 688. The van der Waals surface area contributed by atoms with Crippen LogP contribution < -0.4 is 5.32 Å². The summed E-state index contributed by atoms with van der Waals surface area (Å²) in [5.41, 5.74) is 1.18. The second kappa shape index (κ2) is 6.25. The van der Waals surface area contributed by atoms with Gasteiger partial charge < -0.3 is 5.32 Å². The largest absolute Gasteiger partial charge is 0.344 e. The van der Waals surface area contributed by atoms with Crippen LogP contribution in [0.5, 0.6) is 0 Å². The van der Waals surface area contributed by atoms with Gasteiger partial charge in [-0.25, -0.2) is 9.97 Å². The smallest absolute Gasteiger partial charge is 0.234 e.